The van der Waals surface area contributed by atoms with E-state index in [2.05, 4.69) is 10.3 Å². The first kappa shape index (κ1) is 20.0. The molecule has 0 atom stereocenters. The van der Waals surface area contributed by atoms with Gasteiger partial charge in [-0.1, -0.05) is 12.1 Å². The largest absolute Gasteiger partial charge is 0.322 e. The number of hydrogen-bond acceptors (Lipinski definition) is 5. The highest BCUT2D eigenvalue weighted by Gasteiger charge is 2.13. The second kappa shape index (κ2) is 7.83. The van der Waals surface area contributed by atoms with E-state index >= 15 is 0 Å². The third-order valence-electron chi connectivity index (χ3n) is 5.00. The van der Waals surface area contributed by atoms with Crippen LogP contribution in [0.25, 0.3) is 16.6 Å². The zero-order chi connectivity index (χ0) is 22.1. The molecule has 0 spiro atoms. The molecule has 0 radical (unpaired) electrons. The molecule has 1 N–H and O–H groups in total. The number of amides is 1. The molecule has 4 rings (SSSR count). The smallest absolute Gasteiger partial charge is 0.269 e. The fraction of sp³-hybridized carbons (Fsp3) is 0.0870. The summed E-state index contributed by atoms with van der Waals surface area (Å²) in [6, 6.07) is 17.8. The number of fused-ring (bicyclic) bond motifs is 1. The zero-order valence-electron chi connectivity index (χ0n) is 16.8. The summed E-state index contributed by atoms with van der Waals surface area (Å²) in [6.45, 7) is 3.59. The van der Waals surface area contributed by atoms with Gasteiger partial charge < -0.3 is 5.32 Å². The number of non-ortho nitro benzene ring substituents is 1. The molecule has 154 valence electrons. The number of aryl methyl sites for hydroxylation is 2. The number of para-hydroxylation sites is 1. The van der Waals surface area contributed by atoms with Gasteiger partial charge >= 0.3 is 0 Å². The third-order valence-corrected chi connectivity index (χ3v) is 5.00. The predicted octanol–water partition coefficient (Wildman–Crippen LogP) is 4.16. The fourth-order valence-corrected chi connectivity index (χ4v) is 3.40. The second-order valence-electron chi connectivity index (χ2n) is 7.07. The lowest BCUT2D eigenvalue weighted by Crippen LogP contribution is -2.22. The highest BCUT2D eigenvalue weighted by molar-refractivity contribution is 6.04. The van der Waals surface area contributed by atoms with Crippen molar-refractivity contribution in [3.8, 4) is 5.69 Å². The van der Waals surface area contributed by atoms with Gasteiger partial charge in [-0.05, 0) is 61.9 Å². The van der Waals surface area contributed by atoms with Gasteiger partial charge in [0.2, 0.25) is 0 Å². The maximum absolute atomic E-state index is 13.0. The van der Waals surface area contributed by atoms with Crippen LogP contribution in [-0.2, 0) is 0 Å². The SMILES string of the molecule is Cc1cc(-n2c(C)nc3ccccc3c2=O)ccc1NC(=O)c1ccc([N+](=O)[O-])cc1. The molecule has 8 nitrogen and oxygen atoms in total. The maximum Gasteiger partial charge on any atom is 0.269 e. The molecule has 0 aliphatic carbocycles. The Morgan fingerprint density at radius 1 is 1.03 bits per heavy atom. The monoisotopic (exact) mass is 414 g/mol. The van der Waals surface area contributed by atoms with Gasteiger partial charge in [-0.2, -0.15) is 0 Å². The standard InChI is InChI=1S/C23H18N4O4/c1-14-13-18(26-15(2)24-21-6-4-3-5-19(21)23(26)29)11-12-20(14)25-22(28)16-7-9-17(10-8-16)27(30)31/h3-13H,1-2H3,(H,25,28). The first-order valence-corrected chi connectivity index (χ1v) is 9.50. The zero-order valence-corrected chi connectivity index (χ0v) is 16.8. The van der Waals surface area contributed by atoms with E-state index in [-0.39, 0.29) is 17.2 Å². The first-order valence-electron chi connectivity index (χ1n) is 9.50. The second-order valence-corrected chi connectivity index (χ2v) is 7.07. The van der Waals surface area contributed by atoms with Crippen molar-refractivity contribution in [2.75, 3.05) is 5.32 Å². The van der Waals surface area contributed by atoms with Gasteiger partial charge in [0.1, 0.15) is 5.82 Å². The van der Waals surface area contributed by atoms with Crippen LogP contribution in [0.5, 0.6) is 0 Å². The van der Waals surface area contributed by atoms with Gasteiger partial charge in [-0.15, -0.1) is 0 Å². The molecule has 8 heteroatoms. The van der Waals surface area contributed by atoms with Crippen LogP contribution in [-0.4, -0.2) is 20.4 Å². The molecule has 0 unspecified atom stereocenters. The van der Waals surface area contributed by atoms with Gasteiger partial charge in [0.15, 0.2) is 0 Å². The minimum Gasteiger partial charge on any atom is -0.322 e. The van der Waals surface area contributed by atoms with Crippen LogP contribution in [0, 0.1) is 24.0 Å². The van der Waals surface area contributed by atoms with E-state index in [1.807, 2.05) is 13.0 Å². The Labute approximate surface area is 176 Å². The van der Waals surface area contributed by atoms with E-state index < -0.39 is 4.92 Å². The van der Waals surface area contributed by atoms with E-state index in [9.17, 15) is 19.7 Å². The Morgan fingerprint density at radius 2 is 1.74 bits per heavy atom. The van der Waals surface area contributed by atoms with Gasteiger partial charge in [0.25, 0.3) is 17.2 Å². The number of hydrogen-bond donors (Lipinski definition) is 1. The van der Waals surface area contributed by atoms with E-state index in [1.54, 1.807) is 43.3 Å². The van der Waals surface area contributed by atoms with Crippen LogP contribution in [0.4, 0.5) is 11.4 Å². The number of aromatic nitrogens is 2. The molecule has 0 fully saturated rings. The fourth-order valence-electron chi connectivity index (χ4n) is 3.40. The van der Waals surface area contributed by atoms with Crippen molar-refractivity contribution in [3.63, 3.8) is 0 Å². The van der Waals surface area contributed by atoms with Crippen LogP contribution < -0.4 is 10.9 Å². The number of nitro benzene ring substituents is 1. The number of nitrogens with one attached hydrogen (secondary N) is 1. The van der Waals surface area contributed by atoms with Crippen molar-refractivity contribution < 1.29 is 9.72 Å². The highest BCUT2D eigenvalue weighted by Crippen LogP contribution is 2.21. The van der Waals surface area contributed by atoms with Crippen LogP contribution in [0.15, 0.2) is 71.5 Å². The van der Waals surface area contributed by atoms with E-state index in [4.69, 9.17) is 0 Å². The Balaban J connectivity index is 1.65. The molecule has 0 aliphatic heterocycles. The van der Waals surface area contributed by atoms with Crippen LogP contribution in [0.2, 0.25) is 0 Å². The molecule has 3 aromatic carbocycles. The minimum atomic E-state index is -0.518. The molecule has 0 bridgehead atoms. The molecule has 0 saturated carbocycles. The molecule has 4 aromatic rings. The number of anilines is 1. The number of nitrogens with zero attached hydrogens (tertiary/aromatic N) is 3. The van der Waals surface area contributed by atoms with Crippen molar-refractivity contribution in [2.24, 2.45) is 0 Å². The van der Waals surface area contributed by atoms with Gasteiger partial charge in [0, 0.05) is 23.4 Å². The van der Waals surface area contributed by atoms with E-state index in [0.717, 1.165) is 5.56 Å². The van der Waals surface area contributed by atoms with E-state index in [0.29, 0.717) is 33.7 Å². The number of carbonyl (C=O) groups is 1. The molecule has 1 amide bonds. The van der Waals surface area contributed by atoms with Gasteiger partial charge in [0.05, 0.1) is 21.5 Å². The Morgan fingerprint density at radius 3 is 2.42 bits per heavy atom. The summed E-state index contributed by atoms with van der Waals surface area (Å²) in [5.41, 5.74) is 2.68. The van der Waals surface area contributed by atoms with Crippen molar-refractivity contribution >= 4 is 28.2 Å². The summed E-state index contributed by atoms with van der Waals surface area (Å²) in [7, 11) is 0. The van der Waals surface area contributed by atoms with Crippen molar-refractivity contribution in [1.29, 1.82) is 0 Å². The van der Waals surface area contributed by atoms with E-state index in [1.165, 1.54) is 28.8 Å². The molecule has 1 heterocycles. The Hall–Kier alpha value is -4.33. The van der Waals surface area contributed by atoms with Gasteiger partial charge in [-0.3, -0.25) is 24.3 Å². The molecule has 1 aromatic heterocycles. The molecule has 0 saturated heterocycles. The molecule has 0 aliphatic rings. The lowest BCUT2D eigenvalue weighted by molar-refractivity contribution is -0.384. The average molecular weight is 414 g/mol. The van der Waals surface area contributed by atoms with Crippen molar-refractivity contribution in [3.05, 3.63) is 104 Å². The lowest BCUT2D eigenvalue weighted by Gasteiger charge is -2.14. The Kier molecular flexibility index (Phi) is 5.04. The summed E-state index contributed by atoms with van der Waals surface area (Å²) in [4.78, 5) is 40.3. The number of carbonyl (C=O) groups excluding carboxylic acids is 1. The minimum absolute atomic E-state index is 0.0816. The molecular weight excluding hydrogens is 396 g/mol. The van der Waals surface area contributed by atoms with Crippen LogP contribution in [0.3, 0.4) is 0 Å². The Bertz CT molecular complexity index is 1390. The maximum atomic E-state index is 13.0. The molecule has 31 heavy (non-hydrogen) atoms. The third kappa shape index (κ3) is 3.78. The number of benzene rings is 3. The topological polar surface area (TPSA) is 107 Å². The molecular formula is C23H18N4O4. The van der Waals surface area contributed by atoms with Crippen molar-refractivity contribution in [2.45, 2.75) is 13.8 Å². The summed E-state index contributed by atoms with van der Waals surface area (Å²) in [5, 5.41) is 14.1. The summed E-state index contributed by atoms with van der Waals surface area (Å²) >= 11 is 0. The average Bonchev–Trinajstić information content (AvgIpc) is 2.75. The van der Waals surface area contributed by atoms with Crippen molar-refractivity contribution in [1.82, 2.24) is 9.55 Å². The highest BCUT2D eigenvalue weighted by atomic mass is 16.6. The normalized spacial score (nSPS) is 10.8. The summed E-state index contributed by atoms with van der Waals surface area (Å²) in [5.74, 6) is 0.178. The number of rotatable bonds is 4. The summed E-state index contributed by atoms with van der Waals surface area (Å²) in [6.07, 6.45) is 0. The quantitative estimate of drug-likeness (QED) is 0.398. The van der Waals surface area contributed by atoms with Crippen LogP contribution in [0.1, 0.15) is 21.7 Å². The van der Waals surface area contributed by atoms with Crippen LogP contribution >= 0.6 is 0 Å². The first-order chi connectivity index (χ1) is 14.8. The predicted molar refractivity (Wildman–Crippen MR) is 118 cm³/mol. The number of nitro groups is 1. The lowest BCUT2D eigenvalue weighted by atomic mass is 10.1. The van der Waals surface area contributed by atoms with Gasteiger partial charge in [-0.25, -0.2) is 4.98 Å². The summed E-state index contributed by atoms with van der Waals surface area (Å²) < 4.78 is 1.54.